The first-order valence-corrected chi connectivity index (χ1v) is 5.40. The Morgan fingerprint density at radius 2 is 1.74 bits per heavy atom. The number of anilines is 3. The fourth-order valence-corrected chi connectivity index (χ4v) is 1.61. The molecule has 0 aliphatic heterocycles. The van der Waals surface area contributed by atoms with Crippen molar-refractivity contribution in [1.82, 2.24) is 0 Å². The first kappa shape index (κ1) is 12.4. The van der Waals surface area contributed by atoms with Crippen molar-refractivity contribution in [3.63, 3.8) is 0 Å². The number of hydrogen-bond donors (Lipinski definition) is 2. The van der Waals surface area contributed by atoms with E-state index in [0.29, 0.717) is 22.6 Å². The maximum atomic E-state index is 13.2. The van der Waals surface area contributed by atoms with E-state index < -0.39 is 5.82 Å². The van der Waals surface area contributed by atoms with Gasteiger partial charge in [-0.3, -0.25) is 0 Å². The van der Waals surface area contributed by atoms with Crippen LogP contribution in [-0.4, -0.2) is 0 Å². The highest BCUT2D eigenvalue weighted by Crippen LogP contribution is 2.23. The van der Waals surface area contributed by atoms with Gasteiger partial charge in [-0.2, -0.15) is 10.5 Å². The molecule has 92 valence electrons. The van der Waals surface area contributed by atoms with Crippen molar-refractivity contribution < 1.29 is 4.39 Å². The van der Waals surface area contributed by atoms with Crippen LogP contribution in [0.1, 0.15) is 11.1 Å². The highest BCUT2D eigenvalue weighted by Gasteiger charge is 2.06. The van der Waals surface area contributed by atoms with Crippen LogP contribution in [-0.2, 0) is 0 Å². The number of benzene rings is 2. The van der Waals surface area contributed by atoms with E-state index in [0.717, 1.165) is 0 Å². The minimum atomic E-state index is -0.578. The molecule has 0 unspecified atom stereocenters. The number of hydrogen-bond acceptors (Lipinski definition) is 4. The van der Waals surface area contributed by atoms with Gasteiger partial charge in [0.2, 0.25) is 0 Å². The van der Waals surface area contributed by atoms with Gasteiger partial charge in [0.1, 0.15) is 18.0 Å². The van der Waals surface area contributed by atoms with Crippen LogP contribution in [0.3, 0.4) is 0 Å². The topological polar surface area (TPSA) is 85.6 Å². The van der Waals surface area contributed by atoms with Gasteiger partial charge in [0.15, 0.2) is 0 Å². The lowest BCUT2D eigenvalue weighted by molar-refractivity contribution is 0.624. The van der Waals surface area contributed by atoms with E-state index >= 15 is 0 Å². The Morgan fingerprint density at radius 1 is 1.00 bits per heavy atom. The van der Waals surface area contributed by atoms with E-state index in [-0.39, 0.29) is 5.56 Å². The van der Waals surface area contributed by atoms with Crippen molar-refractivity contribution in [3.8, 4) is 12.1 Å². The number of nitriles is 2. The monoisotopic (exact) mass is 252 g/mol. The molecule has 2 aromatic carbocycles. The Bertz CT molecular complexity index is 710. The van der Waals surface area contributed by atoms with E-state index in [4.69, 9.17) is 16.3 Å². The molecule has 2 aromatic rings. The molecule has 0 bridgehead atoms. The molecular formula is C14H9FN4. The van der Waals surface area contributed by atoms with Crippen LogP contribution < -0.4 is 11.1 Å². The minimum absolute atomic E-state index is 0.0565. The van der Waals surface area contributed by atoms with Gasteiger partial charge in [-0.05, 0) is 36.4 Å². The van der Waals surface area contributed by atoms with Crippen LogP contribution in [0.2, 0.25) is 0 Å². The molecule has 3 N–H and O–H groups in total. The lowest BCUT2D eigenvalue weighted by Crippen LogP contribution is -1.96. The second-order valence-corrected chi connectivity index (χ2v) is 3.85. The number of nitrogens with two attached hydrogens (primary N) is 1. The minimum Gasteiger partial charge on any atom is -0.399 e. The molecule has 4 nitrogen and oxygen atoms in total. The molecular weight excluding hydrogens is 243 g/mol. The van der Waals surface area contributed by atoms with Crippen LogP contribution in [0.25, 0.3) is 0 Å². The third-order valence-corrected chi connectivity index (χ3v) is 2.53. The summed E-state index contributed by atoms with van der Waals surface area (Å²) in [4.78, 5) is 0. The quantitative estimate of drug-likeness (QED) is 0.804. The summed E-state index contributed by atoms with van der Waals surface area (Å²) >= 11 is 0. The number of nitrogens with zero attached hydrogens (tertiary/aromatic N) is 2. The Kier molecular flexibility index (Phi) is 3.31. The van der Waals surface area contributed by atoms with Crippen molar-refractivity contribution in [3.05, 3.63) is 53.3 Å². The standard InChI is InChI=1S/C14H9FN4/c15-13-3-2-12(6-9(13)7-16)19-14-4-1-11(18)5-10(14)8-17/h1-6,19H,18H2. The van der Waals surface area contributed by atoms with Crippen LogP contribution in [0, 0.1) is 28.5 Å². The molecule has 5 heteroatoms. The highest BCUT2D eigenvalue weighted by atomic mass is 19.1. The predicted octanol–water partition coefficient (Wildman–Crippen LogP) is 2.89. The van der Waals surface area contributed by atoms with Crippen LogP contribution in [0.15, 0.2) is 36.4 Å². The first-order valence-electron chi connectivity index (χ1n) is 5.40. The van der Waals surface area contributed by atoms with Gasteiger partial charge >= 0.3 is 0 Å². The molecule has 0 aliphatic rings. The van der Waals surface area contributed by atoms with Crippen molar-refractivity contribution in [2.24, 2.45) is 0 Å². The van der Waals surface area contributed by atoms with E-state index in [1.165, 1.54) is 24.3 Å². The fraction of sp³-hybridized carbons (Fsp3) is 0. The molecule has 0 atom stereocenters. The summed E-state index contributed by atoms with van der Waals surface area (Å²) < 4.78 is 13.2. The lowest BCUT2D eigenvalue weighted by atomic mass is 10.1. The molecule has 0 saturated heterocycles. The molecule has 0 saturated carbocycles. The predicted molar refractivity (Wildman–Crippen MR) is 70.0 cm³/mol. The second kappa shape index (κ2) is 5.07. The van der Waals surface area contributed by atoms with Gasteiger partial charge in [-0.25, -0.2) is 4.39 Å². The van der Waals surface area contributed by atoms with Crippen LogP contribution in [0.5, 0.6) is 0 Å². The summed E-state index contributed by atoms with van der Waals surface area (Å²) in [7, 11) is 0. The zero-order valence-corrected chi connectivity index (χ0v) is 9.81. The van der Waals surface area contributed by atoms with Crippen molar-refractivity contribution in [1.29, 1.82) is 10.5 Å². The average Bonchev–Trinajstić information content (AvgIpc) is 2.42. The van der Waals surface area contributed by atoms with Gasteiger partial charge in [-0.1, -0.05) is 0 Å². The number of nitrogens with one attached hydrogen (secondary N) is 1. The van der Waals surface area contributed by atoms with Gasteiger partial charge in [0.05, 0.1) is 16.8 Å². The SMILES string of the molecule is N#Cc1cc(Nc2ccc(N)cc2C#N)ccc1F. The fourth-order valence-electron chi connectivity index (χ4n) is 1.61. The molecule has 0 heterocycles. The molecule has 0 spiro atoms. The Balaban J connectivity index is 2.37. The van der Waals surface area contributed by atoms with Crippen molar-refractivity contribution in [2.75, 3.05) is 11.1 Å². The third kappa shape index (κ3) is 2.62. The molecule has 19 heavy (non-hydrogen) atoms. The Hall–Kier alpha value is -3.05. The summed E-state index contributed by atoms with van der Waals surface area (Å²) in [5.41, 5.74) is 7.47. The van der Waals surface area contributed by atoms with Crippen LogP contribution in [0.4, 0.5) is 21.5 Å². The molecule has 0 fully saturated rings. The number of halogens is 1. The van der Waals surface area contributed by atoms with Crippen LogP contribution >= 0.6 is 0 Å². The normalized spacial score (nSPS) is 9.42. The molecule has 0 amide bonds. The summed E-state index contributed by atoms with van der Waals surface area (Å²) in [6, 6.07) is 12.7. The average molecular weight is 252 g/mol. The molecule has 2 rings (SSSR count). The molecule has 0 radical (unpaired) electrons. The zero-order chi connectivity index (χ0) is 13.8. The third-order valence-electron chi connectivity index (χ3n) is 2.53. The van der Waals surface area contributed by atoms with E-state index in [9.17, 15) is 4.39 Å². The van der Waals surface area contributed by atoms with E-state index in [1.807, 2.05) is 6.07 Å². The van der Waals surface area contributed by atoms with Crippen molar-refractivity contribution >= 4 is 17.1 Å². The van der Waals surface area contributed by atoms with Crippen molar-refractivity contribution in [2.45, 2.75) is 0 Å². The van der Waals surface area contributed by atoms with E-state index in [2.05, 4.69) is 5.32 Å². The summed E-state index contributed by atoms with van der Waals surface area (Å²) in [5.74, 6) is -0.578. The first-order chi connectivity index (χ1) is 9.13. The summed E-state index contributed by atoms with van der Waals surface area (Å²) in [6.07, 6.45) is 0. The highest BCUT2D eigenvalue weighted by molar-refractivity contribution is 5.70. The Labute approximate surface area is 109 Å². The second-order valence-electron chi connectivity index (χ2n) is 3.85. The Morgan fingerprint density at radius 3 is 2.42 bits per heavy atom. The molecule has 0 aliphatic carbocycles. The maximum Gasteiger partial charge on any atom is 0.141 e. The number of rotatable bonds is 2. The number of nitrogen functional groups attached to an aromatic ring is 1. The van der Waals surface area contributed by atoms with Gasteiger partial charge in [-0.15, -0.1) is 0 Å². The summed E-state index contributed by atoms with van der Waals surface area (Å²) in [5, 5.41) is 20.7. The molecule has 0 aromatic heterocycles. The zero-order valence-electron chi connectivity index (χ0n) is 9.81. The smallest absolute Gasteiger partial charge is 0.141 e. The van der Waals surface area contributed by atoms with Gasteiger partial charge < -0.3 is 11.1 Å². The van der Waals surface area contributed by atoms with Gasteiger partial charge in [0, 0.05) is 11.4 Å². The maximum absolute atomic E-state index is 13.2. The summed E-state index contributed by atoms with van der Waals surface area (Å²) in [6.45, 7) is 0. The van der Waals surface area contributed by atoms with Gasteiger partial charge in [0.25, 0.3) is 0 Å². The van der Waals surface area contributed by atoms with E-state index in [1.54, 1.807) is 18.2 Å². The lowest BCUT2D eigenvalue weighted by Gasteiger charge is -2.09. The largest absolute Gasteiger partial charge is 0.399 e.